The molecule has 1 saturated heterocycles. The number of rotatable bonds is 3. The third-order valence-corrected chi connectivity index (χ3v) is 4.66. The van der Waals surface area contributed by atoms with E-state index >= 15 is 0 Å². The fourth-order valence-electron chi connectivity index (χ4n) is 3.17. The summed E-state index contributed by atoms with van der Waals surface area (Å²) >= 11 is 0. The number of benzene rings is 1. The first-order valence-electron chi connectivity index (χ1n) is 7.92. The molecule has 1 fully saturated rings. The number of nitrogens with two attached hydrogens (primary N) is 1. The Morgan fingerprint density at radius 2 is 1.95 bits per heavy atom. The predicted octanol–water partition coefficient (Wildman–Crippen LogP) is 3.00. The van der Waals surface area contributed by atoms with Crippen LogP contribution in [0.4, 0.5) is 0 Å². The summed E-state index contributed by atoms with van der Waals surface area (Å²) in [6.07, 6.45) is 2.38. The van der Waals surface area contributed by atoms with Crippen molar-refractivity contribution in [3.63, 3.8) is 0 Å². The Kier molecular flexibility index (Phi) is 4.72. The van der Waals surface area contributed by atoms with Crippen LogP contribution in [0.5, 0.6) is 0 Å². The number of hydrogen-bond donors (Lipinski definition) is 1. The molecule has 0 unspecified atom stereocenters. The molecular formula is C18H28N2O. The molecule has 3 heteroatoms. The molecule has 0 radical (unpaired) electrons. The van der Waals surface area contributed by atoms with Crippen molar-refractivity contribution < 1.29 is 4.79 Å². The number of hydrogen-bond acceptors (Lipinski definition) is 2. The molecular weight excluding hydrogens is 260 g/mol. The van der Waals surface area contributed by atoms with Crippen molar-refractivity contribution >= 4 is 5.91 Å². The van der Waals surface area contributed by atoms with Gasteiger partial charge >= 0.3 is 0 Å². The quantitative estimate of drug-likeness (QED) is 0.929. The maximum absolute atomic E-state index is 12.7. The van der Waals surface area contributed by atoms with E-state index in [-0.39, 0.29) is 23.4 Å². The Bertz CT molecular complexity index is 492. The highest BCUT2D eigenvalue weighted by Crippen LogP contribution is 2.29. The Morgan fingerprint density at radius 3 is 2.52 bits per heavy atom. The lowest BCUT2D eigenvalue weighted by Crippen LogP contribution is -2.49. The summed E-state index contributed by atoms with van der Waals surface area (Å²) in [5.74, 6) is 0.250. The van der Waals surface area contributed by atoms with E-state index in [0.717, 1.165) is 19.4 Å². The van der Waals surface area contributed by atoms with Gasteiger partial charge < -0.3 is 10.6 Å². The first-order valence-corrected chi connectivity index (χ1v) is 7.92. The van der Waals surface area contributed by atoms with E-state index < -0.39 is 0 Å². The molecule has 116 valence electrons. The Morgan fingerprint density at radius 1 is 1.33 bits per heavy atom. The zero-order valence-corrected chi connectivity index (χ0v) is 13.7. The molecule has 0 aliphatic carbocycles. The maximum Gasteiger partial charge on any atom is 0.223 e. The van der Waals surface area contributed by atoms with Crippen molar-refractivity contribution in [3.05, 3.63) is 35.4 Å². The SMILES string of the molecule is Cc1ccc(C(C)(C)CC(=O)N2CC[C@@H](N)C[C@H]2C)cc1. The number of amides is 1. The van der Waals surface area contributed by atoms with Crippen LogP contribution in [-0.2, 0) is 10.2 Å². The minimum Gasteiger partial charge on any atom is -0.340 e. The molecule has 0 spiro atoms. The molecule has 0 bridgehead atoms. The van der Waals surface area contributed by atoms with Gasteiger partial charge in [0.25, 0.3) is 0 Å². The Labute approximate surface area is 128 Å². The minimum atomic E-state index is -0.135. The predicted molar refractivity (Wildman–Crippen MR) is 87.2 cm³/mol. The molecule has 0 saturated carbocycles. The smallest absolute Gasteiger partial charge is 0.223 e. The molecule has 2 rings (SSSR count). The largest absolute Gasteiger partial charge is 0.340 e. The van der Waals surface area contributed by atoms with E-state index in [1.807, 2.05) is 4.90 Å². The molecule has 2 atom stereocenters. The van der Waals surface area contributed by atoms with E-state index in [1.165, 1.54) is 11.1 Å². The lowest BCUT2D eigenvalue weighted by atomic mass is 9.80. The van der Waals surface area contributed by atoms with Gasteiger partial charge in [-0.15, -0.1) is 0 Å². The average Bonchev–Trinajstić information content (AvgIpc) is 2.38. The van der Waals surface area contributed by atoms with E-state index in [2.05, 4.69) is 52.0 Å². The fourth-order valence-corrected chi connectivity index (χ4v) is 3.17. The van der Waals surface area contributed by atoms with Crippen LogP contribution < -0.4 is 5.73 Å². The van der Waals surface area contributed by atoms with Gasteiger partial charge in [-0.25, -0.2) is 0 Å². The van der Waals surface area contributed by atoms with Crippen LogP contribution in [0.25, 0.3) is 0 Å². The van der Waals surface area contributed by atoms with Crippen LogP contribution >= 0.6 is 0 Å². The zero-order chi connectivity index (χ0) is 15.6. The first-order chi connectivity index (χ1) is 9.79. The summed E-state index contributed by atoms with van der Waals surface area (Å²) in [5, 5.41) is 0. The van der Waals surface area contributed by atoms with Gasteiger partial charge in [0, 0.05) is 25.0 Å². The summed E-state index contributed by atoms with van der Waals surface area (Å²) < 4.78 is 0. The fraction of sp³-hybridized carbons (Fsp3) is 0.611. The van der Waals surface area contributed by atoms with E-state index in [4.69, 9.17) is 5.73 Å². The topological polar surface area (TPSA) is 46.3 Å². The van der Waals surface area contributed by atoms with Gasteiger partial charge in [0.15, 0.2) is 0 Å². The van der Waals surface area contributed by atoms with Crippen LogP contribution in [0.3, 0.4) is 0 Å². The molecule has 1 aromatic carbocycles. The third kappa shape index (κ3) is 3.85. The number of carbonyl (C=O) groups excluding carboxylic acids is 1. The van der Waals surface area contributed by atoms with E-state index in [9.17, 15) is 4.79 Å². The van der Waals surface area contributed by atoms with Gasteiger partial charge in [0.1, 0.15) is 0 Å². The first kappa shape index (κ1) is 16.0. The number of aryl methyl sites for hydroxylation is 1. The molecule has 1 aliphatic heterocycles. The summed E-state index contributed by atoms with van der Waals surface area (Å²) in [5.41, 5.74) is 8.32. The Balaban J connectivity index is 2.05. The van der Waals surface area contributed by atoms with Crippen LogP contribution in [0.2, 0.25) is 0 Å². The summed E-state index contributed by atoms with van der Waals surface area (Å²) in [7, 11) is 0. The summed E-state index contributed by atoms with van der Waals surface area (Å²) in [6.45, 7) is 9.29. The second-order valence-corrected chi connectivity index (χ2v) is 7.15. The number of piperidine rings is 1. The molecule has 0 aromatic heterocycles. The highest BCUT2D eigenvalue weighted by molar-refractivity contribution is 5.78. The second-order valence-electron chi connectivity index (χ2n) is 7.15. The molecule has 3 nitrogen and oxygen atoms in total. The molecule has 2 N–H and O–H groups in total. The van der Waals surface area contributed by atoms with Gasteiger partial charge in [-0.05, 0) is 37.7 Å². The van der Waals surface area contributed by atoms with E-state index in [0.29, 0.717) is 6.42 Å². The van der Waals surface area contributed by atoms with Crippen molar-refractivity contribution in [3.8, 4) is 0 Å². The molecule has 1 aromatic rings. The number of nitrogens with zero attached hydrogens (tertiary/aromatic N) is 1. The number of likely N-dealkylation sites (tertiary alicyclic amines) is 1. The lowest BCUT2D eigenvalue weighted by molar-refractivity contribution is -0.135. The van der Waals surface area contributed by atoms with Gasteiger partial charge in [-0.1, -0.05) is 43.7 Å². The maximum atomic E-state index is 12.7. The van der Waals surface area contributed by atoms with Crippen LogP contribution in [0, 0.1) is 6.92 Å². The third-order valence-electron chi connectivity index (χ3n) is 4.66. The highest BCUT2D eigenvalue weighted by atomic mass is 16.2. The van der Waals surface area contributed by atoms with E-state index in [1.54, 1.807) is 0 Å². The lowest BCUT2D eigenvalue weighted by Gasteiger charge is -2.38. The minimum absolute atomic E-state index is 0.135. The van der Waals surface area contributed by atoms with Crippen LogP contribution in [-0.4, -0.2) is 29.4 Å². The number of carbonyl (C=O) groups is 1. The standard InChI is InChI=1S/C18H28N2O/c1-13-5-7-15(8-6-13)18(3,4)12-17(21)20-10-9-16(19)11-14(20)2/h5-8,14,16H,9-12,19H2,1-4H3/t14-,16-/m1/s1. The molecule has 21 heavy (non-hydrogen) atoms. The normalized spacial score (nSPS) is 23.2. The van der Waals surface area contributed by atoms with Crippen molar-refractivity contribution in [2.75, 3.05) is 6.54 Å². The van der Waals surface area contributed by atoms with Crippen molar-refractivity contribution in [1.29, 1.82) is 0 Å². The van der Waals surface area contributed by atoms with Crippen molar-refractivity contribution in [2.45, 2.75) is 64.5 Å². The highest BCUT2D eigenvalue weighted by Gasteiger charge is 2.31. The van der Waals surface area contributed by atoms with Crippen LogP contribution in [0.15, 0.2) is 24.3 Å². The van der Waals surface area contributed by atoms with Gasteiger partial charge in [-0.2, -0.15) is 0 Å². The molecule has 1 heterocycles. The zero-order valence-electron chi connectivity index (χ0n) is 13.7. The molecule has 1 aliphatic rings. The monoisotopic (exact) mass is 288 g/mol. The van der Waals surface area contributed by atoms with Crippen molar-refractivity contribution in [1.82, 2.24) is 4.90 Å². The second kappa shape index (κ2) is 6.18. The molecule has 1 amide bonds. The van der Waals surface area contributed by atoms with Crippen molar-refractivity contribution in [2.24, 2.45) is 5.73 Å². The van der Waals surface area contributed by atoms with Crippen LogP contribution in [0.1, 0.15) is 51.2 Å². The summed E-state index contributed by atoms with van der Waals surface area (Å²) in [6, 6.07) is 9.01. The van der Waals surface area contributed by atoms with Gasteiger partial charge in [-0.3, -0.25) is 4.79 Å². The Hall–Kier alpha value is -1.35. The summed E-state index contributed by atoms with van der Waals surface area (Å²) in [4.78, 5) is 14.7. The average molecular weight is 288 g/mol. The van der Waals surface area contributed by atoms with Gasteiger partial charge in [0.2, 0.25) is 5.91 Å². The van der Waals surface area contributed by atoms with Gasteiger partial charge in [0.05, 0.1) is 0 Å².